The minimum absolute atomic E-state index is 0.146. The van der Waals surface area contributed by atoms with Crippen molar-refractivity contribution in [1.82, 2.24) is 4.90 Å². The zero-order valence-corrected chi connectivity index (χ0v) is 12.3. The smallest absolute Gasteiger partial charge is 0.0512 e. The summed E-state index contributed by atoms with van der Waals surface area (Å²) in [6.07, 6.45) is 4.60. The van der Waals surface area contributed by atoms with E-state index in [9.17, 15) is 5.11 Å². The lowest BCUT2D eigenvalue weighted by atomic mass is 9.92. The summed E-state index contributed by atoms with van der Waals surface area (Å²) in [5, 5.41) is 9.40. The number of aliphatic hydroxyl groups is 1. The molecule has 19 heavy (non-hydrogen) atoms. The third-order valence-corrected chi connectivity index (χ3v) is 4.12. The van der Waals surface area contributed by atoms with Crippen LogP contribution in [0.25, 0.3) is 0 Å². The summed E-state index contributed by atoms with van der Waals surface area (Å²) in [5.41, 5.74) is 2.75. The lowest BCUT2D eigenvalue weighted by molar-refractivity contribution is 0.133. The maximum absolute atomic E-state index is 9.40. The second-order valence-corrected chi connectivity index (χ2v) is 6.16. The zero-order chi connectivity index (χ0) is 13.7. The van der Waals surface area contributed by atoms with Gasteiger partial charge in [-0.3, -0.25) is 4.90 Å². The highest BCUT2D eigenvalue weighted by molar-refractivity contribution is 5.21. The predicted molar refractivity (Wildman–Crippen MR) is 80.1 cm³/mol. The van der Waals surface area contributed by atoms with Gasteiger partial charge in [0.25, 0.3) is 0 Å². The highest BCUT2D eigenvalue weighted by atomic mass is 16.3. The van der Waals surface area contributed by atoms with Crippen LogP contribution in [0.1, 0.15) is 43.7 Å². The summed E-state index contributed by atoms with van der Waals surface area (Å²) in [6.45, 7) is 7.52. The lowest BCUT2D eigenvalue weighted by Gasteiger charge is -2.33. The van der Waals surface area contributed by atoms with Crippen LogP contribution in [0.2, 0.25) is 0 Å². The Morgan fingerprint density at radius 2 is 2.05 bits per heavy atom. The molecular formula is C17H27NO. The highest BCUT2D eigenvalue weighted by Crippen LogP contribution is 2.23. The lowest BCUT2D eigenvalue weighted by Crippen LogP contribution is -2.35. The minimum Gasteiger partial charge on any atom is -0.393 e. The molecule has 1 saturated heterocycles. The molecule has 0 amide bonds. The van der Waals surface area contributed by atoms with Crippen LogP contribution in [-0.2, 0) is 6.54 Å². The summed E-state index contributed by atoms with van der Waals surface area (Å²) >= 11 is 0. The number of hydrogen-bond donors (Lipinski definition) is 1. The predicted octanol–water partition coefficient (Wildman–Crippen LogP) is 3.37. The zero-order valence-electron chi connectivity index (χ0n) is 12.3. The third kappa shape index (κ3) is 4.96. The molecule has 1 aliphatic rings. The van der Waals surface area contributed by atoms with Gasteiger partial charge in [0.1, 0.15) is 0 Å². The third-order valence-electron chi connectivity index (χ3n) is 4.12. The summed E-state index contributed by atoms with van der Waals surface area (Å²) in [6, 6.07) is 8.89. The largest absolute Gasteiger partial charge is 0.393 e. The van der Waals surface area contributed by atoms with Crippen LogP contribution in [0.4, 0.5) is 0 Å². The van der Waals surface area contributed by atoms with E-state index in [1.165, 1.54) is 43.5 Å². The van der Waals surface area contributed by atoms with E-state index in [-0.39, 0.29) is 6.10 Å². The minimum atomic E-state index is -0.146. The number of nitrogens with zero attached hydrogens (tertiary/aromatic N) is 1. The molecule has 1 heterocycles. The Hall–Kier alpha value is -0.860. The highest BCUT2D eigenvalue weighted by Gasteiger charge is 2.20. The standard InChI is InChI=1S/C17H27NO/c1-14-5-8-17(9-6-14)13-18-11-3-4-16(12-18)10-7-15(2)19/h5-6,8-9,15-16,19H,3-4,7,10-13H2,1-2H3. The molecule has 2 nitrogen and oxygen atoms in total. The first kappa shape index (κ1) is 14.5. The molecule has 0 aliphatic carbocycles. The number of likely N-dealkylation sites (tertiary alicyclic amines) is 1. The van der Waals surface area contributed by atoms with Crippen LogP contribution in [0, 0.1) is 12.8 Å². The summed E-state index contributed by atoms with van der Waals surface area (Å²) in [7, 11) is 0. The van der Waals surface area contributed by atoms with E-state index < -0.39 is 0 Å². The van der Waals surface area contributed by atoms with Crippen molar-refractivity contribution in [1.29, 1.82) is 0 Å². The van der Waals surface area contributed by atoms with E-state index in [4.69, 9.17) is 0 Å². The van der Waals surface area contributed by atoms with Crippen LogP contribution in [0.3, 0.4) is 0 Å². The quantitative estimate of drug-likeness (QED) is 0.878. The van der Waals surface area contributed by atoms with Gasteiger partial charge in [-0.15, -0.1) is 0 Å². The van der Waals surface area contributed by atoms with E-state index >= 15 is 0 Å². The second-order valence-electron chi connectivity index (χ2n) is 6.16. The fourth-order valence-electron chi connectivity index (χ4n) is 2.96. The topological polar surface area (TPSA) is 23.5 Å². The maximum Gasteiger partial charge on any atom is 0.0512 e. The Labute approximate surface area is 117 Å². The molecule has 0 bridgehead atoms. The van der Waals surface area contributed by atoms with Gasteiger partial charge in [-0.25, -0.2) is 0 Å². The normalized spacial score (nSPS) is 22.4. The molecule has 1 aromatic carbocycles. The molecule has 1 aromatic rings. The van der Waals surface area contributed by atoms with Crippen LogP contribution in [0.15, 0.2) is 24.3 Å². The molecule has 0 radical (unpaired) electrons. The molecule has 0 spiro atoms. The van der Waals surface area contributed by atoms with Gasteiger partial charge >= 0.3 is 0 Å². The summed E-state index contributed by atoms with van der Waals surface area (Å²) in [4.78, 5) is 2.57. The van der Waals surface area contributed by atoms with Gasteiger partial charge in [-0.2, -0.15) is 0 Å². The number of benzene rings is 1. The van der Waals surface area contributed by atoms with E-state index in [2.05, 4.69) is 36.1 Å². The summed E-state index contributed by atoms with van der Waals surface area (Å²) < 4.78 is 0. The Morgan fingerprint density at radius 3 is 2.74 bits per heavy atom. The Balaban J connectivity index is 1.82. The second kappa shape index (κ2) is 7.06. The Morgan fingerprint density at radius 1 is 1.32 bits per heavy atom. The number of rotatable bonds is 5. The molecule has 106 valence electrons. The van der Waals surface area contributed by atoms with Crippen molar-refractivity contribution in [3.05, 3.63) is 35.4 Å². The fraction of sp³-hybridized carbons (Fsp3) is 0.647. The van der Waals surface area contributed by atoms with Gasteiger partial charge in [-0.1, -0.05) is 29.8 Å². The first-order chi connectivity index (χ1) is 9.13. The van der Waals surface area contributed by atoms with Crippen LogP contribution in [-0.4, -0.2) is 29.2 Å². The van der Waals surface area contributed by atoms with E-state index in [1.54, 1.807) is 0 Å². The molecule has 0 saturated carbocycles. The van der Waals surface area contributed by atoms with Crippen molar-refractivity contribution >= 4 is 0 Å². The van der Waals surface area contributed by atoms with Crippen molar-refractivity contribution in [2.75, 3.05) is 13.1 Å². The molecular weight excluding hydrogens is 234 g/mol. The Kier molecular flexibility index (Phi) is 5.41. The van der Waals surface area contributed by atoms with Gasteiger partial charge < -0.3 is 5.11 Å². The molecule has 2 rings (SSSR count). The van der Waals surface area contributed by atoms with Gasteiger partial charge in [0, 0.05) is 13.1 Å². The van der Waals surface area contributed by atoms with Crippen molar-refractivity contribution in [2.45, 2.75) is 52.2 Å². The molecule has 0 aromatic heterocycles. The van der Waals surface area contributed by atoms with Crippen molar-refractivity contribution in [2.24, 2.45) is 5.92 Å². The number of piperidine rings is 1. The van der Waals surface area contributed by atoms with Crippen LogP contribution in [0.5, 0.6) is 0 Å². The van der Waals surface area contributed by atoms with E-state index in [0.717, 1.165) is 18.9 Å². The molecule has 1 N–H and O–H groups in total. The average molecular weight is 261 g/mol. The van der Waals surface area contributed by atoms with Crippen molar-refractivity contribution in [3.63, 3.8) is 0 Å². The first-order valence-electron chi connectivity index (χ1n) is 7.59. The summed E-state index contributed by atoms with van der Waals surface area (Å²) in [5.74, 6) is 0.772. The first-order valence-corrected chi connectivity index (χ1v) is 7.59. The van der Waals surface area contributed by atoms with Crippen molar-refractivity contribution < 1.29 is 5.11 Å². The van der Waals surface area contributed by atoms with E-state index in [0.29, 0.717) is 0 Å². The van der Waals surface area contributed by atoms with Crippen LogP contribution >= 0.6 is 0 Å². The molecule has 2 unspecified atom stereocenters. The average Bonchev–Trinajstić information content (AvgIpc) is 2.40. The van der Waals surface area contributed by atoms with Crippen molar-refractivity contribution in [3.8, 4) is 0 Å². The van der Waals surface area contributed by atoms with Crippen LogP contribution < -0.4 is 0 Å². The number of aliphatic hydroxyl groups excluding tert-OH is 1. The Bertz CT molecular complexity index is 371. The molecule has 2 heteroatoms. The number of hydrogen-bond acceptors (Lipinski definition) is 2. The van der Waals surface area contributed by atoms with Gasteiger partial charge in [-0.05, 0) is 57.6 Å². The number of aryl methyl sites for hydroxylation is 1. The molecule has 2 atom stereocenters. The van der Waals surface area contributed by atoms with E-state index in [1.807, 2.05) is 6.92 Å². The molecule has 1 fully saturated rings. The van der Waals surface area contributed by atoms with Gasteiger partial charge in [0.05, 0.1) is 6.10 Å². The monoisotopic (exact) mass is 261 g/mol. The fourth-order valence-corrected chi connectivity index (χ4v) is 2.96. The SMILES string of the molecule is Cc1ccc(CN2CCCC(CCC(C)O)C2)cc1. The van der Waals surface area contributed by atoms with Gasteiger partial charge in [0.2, 0.25) is 0 Å². The molecule has 1 aliphatic heterocycles. The maximum atomic E-state index is 9.40. The van der Waals surface area contributed by atoms with Gasteiger partial charge in [0.15, 0.2) is 0 Å².